The molecule has 6 rings (SSSR count). The van der Waals surface area contributed by atoms with E-state index in [9.17, 15) is 9.18 Å². The smallest absolute Gasteiger partial charge is 0.213 e. The molecule has 0 N–H and O–H groups in total. The van der Waals surface area contributed by atoms with E-state index < -0.39 is 0 Å². The molecule has 3 heterocycles. The number of rotatable bonds is 11. The maximum absolute atomic E-state index is 14.3. The number of Topliss-reactive ketones (excluding diaryl/α,β-unsaturated/α-hetero) is 1. The molecule has 8 nitrogen and oxygen atoms in total. The number of benzene rings is 2. The van der Waals surface area contributed by atoms with Gasteiger partial charge in [-0.15, -0.1) is 0 Å². The normalized spacial score (nSPS) is 16.7. The van der Waals surface area contributed by atoms with Crippen molar-refractivity contribution in [3.05, 3.63) is 94.8 Å². The minimum absolute atomic E-state index is 0.0128. The molecule has 0 radical (unpaired) electrons. The Kier molecular flexibility index (Phi) is 9.07. The Balaban J connectivity index is 1.18. The Hall–Kier alpha value is -4.37. The number of carbonyl (C=O) groups is 1. The molecule has 1 aliphatic rings. The summed E-state index contributed by atoms with van der Waals surface area (Å²) in [6.07, 6.45) is 6.93. The highest BCUT2D eigenvalue weighted by Gasteiger charge is 2.26. The molecule has 1 saturated carbocycles. The minimum atomic E-state index is -0.257. The van der Waals surface area contributed by atoms with Crippen LogP contribution in [0.4, 0.5) is 4.39 Å². The number of imidazole rings is 1. The second-order valence-electron chi connectivity index (χ2n) is 12.2. The zero-order valence-corrected chi connectivity index (χ0v) is 26.4. The minimum Gasteiger partial charge on any atom is -0.473 e. The molecule has 5 aromatic rings. The lowest BCUT2D eigenvalue weighted by Gasteiger charge is -2.28. The highest BCUT2D eigenvalue weighted by Crippen LogP contribution is 2.38. The second kappa shape index (κ2) is 13.3. The fraction of sp³-hybridized carbons (Fsp3) is 0.389. The largest absolute Gasteiger partial charge is 0.473 e. The van der Waals surface area contributed by atoms with Crippen LogP contribution >= 0.6 is 0 Å². The van der Waals surface area contributed by atoms with Gasteiger partial charge >= 0.3 is 0 Å². The molecule has 1 fully saturated rings. The van der Waals surface area contributed by atoms with E-state index in [2.05, 4.69) is 15.7 Å². The average Bonchev–Trinajstić information content (AvgIpc) is 3.62. The van der Waals surface area contributed by atoms with E-state index in [0.717, 1.165) is 71.5 Å². The zero-order chi connectivity index (χ0) is 31.5. The molecule has 9 heteroatoms. The van der Waals surface area contributed by atoms with Gasteiger partial charge in [0.2, 0.25) is 5.88 Å². The number of aryl methyl sites for hydroxylation is 2. The summed E-state index contributed by atoms with van der Waals surface area (Å²) in [7, 11) is 3.59. The first-order valence-electron chi connectivity index (χ1n) is 15.7. The third-order valence-corrected chi connectivity index (χ3v) is 8.91. The predicted octanol–water partition coefficient (Wildman–Crippen LogP) is 7.22. The van der Waals surface area contributed by atoms with Crippen molar-refractivity contribution in [2.75, 3.05) is 13.7 Å². The van der Waals surface area contributed by atoms with E-state index >= 15 is 0 Å². The predicted molar refractivity (Wildman–Crippen MR) is 172 cm³/mol. The molecule has 0 aliphatic heterocycles. The van der Waals surface area contributed by atoms with Crippen LogP contribution in [0.2, 0.25) is 0 Å². The number of ether oxygens (including phenoxy) is 2. The third kappa shape index (κ3) is 6.83. The van der Waals surface area contributed by atoms with Crippen LogP contribution in [0.15, 0.2) is 60.8 Å². The molecule has 0 saturated heterocycles. The van der Waals surface area contributed by atoms with Gasteiger partial charge in [0, 0.05) is 67.7 Å². The van der Waals surface area contributed by atoms with Crippen LogP contribution < -0.4 is 4.74 Å². The number of halogens is 1. The summed E-state index contributed by atoms with van der Waals surface area (Å²) in [4.78, 5) is 22.5. The summed E-state index contributed by atoms with van der Waals surface area (Å²) in [5.74, 6) is 2.12. The molecule has 2 aromatic carbocycles. The molecule has 0 atom stereocenters. The molecule has 0 amide bonds. The lowest BCUT2D eigenvalue weighted by molar-refractivity contribution is 0.101. The summed E-state index contributed by atoms with van der Waals surface area (Å²) >= 11 is 0. The molecule has 0 unspecified atom stereocenters. The molecular weight excluding hydrogens is 569 g/mol. The summed E-state index contributed by atoms with van der Waals surface area (Å²) in [5.41, 5.74) is 6.57. The van der Waals surface area contributed by atoms with Crippen LogP contribution in [0, 0.1) is 18.7 Å². The van der Waals surface area contributed by atoms with E-state index in [-0.39, 0.29) is 18.2 Å². The lowest BCUT2D eigenvalue weighted by Crippen LogP contribution is -2.18. The maximum atomic E-state index is 14.3. The van der Waals surface area contributed by atoms with Crippen LogP contribution in [-0.2, 0) is 31.4 Å². The van der Waals surface area contributed by atoms with Crippen molar-refractivity contribution in [2.24, 2.45) is 13.0 Å². The lowest BCUT2D eigenvalue weighted by atomic mass is 9.79. The molecule has 1 aliphatic carbocycles. The van der Waals surface area contributed by atoms with Crippen molar-refractivity contribution in [2.45, 2.75) is 65.0 Å². The second-order valence-corrected chi connectivity index (χ2v) is 12.2. The van der Waals surface area contributed by atoms with E-state index in [1.165, 1.54) is 6.07 Å². The average molecular weight is 610 g/mol. The number of carbonyl (C=O) groups excluding carboxylic acids is 1. The Morgan fingerprint density at radius 1 is 1.04 bits per heavy atom. The summed E-state index contributed by atoms with van der Waals surface area (Å²) in [5, 5.41) is 4.63. The van der Waals surface area contributed by atoms with Crippen LogP contribution in [0.3, 0.4) is 0 Å². The maximum Gasteiger partial charge on any atom is 0.213 e. The molecule has 45 heavy (non-hydrogen) atoms. The van der Waals surface area contributed by atoms with Gasteiger partial charge in [-0.3, -0.25) is 9.48 Å². The van der Waals surface area contributed by atoms with Gasteiger partial charge in [-0.05, 0) is 81.3 Å². The van der Waals surface area contributed by atoms with Gasteiger partial charge in [0.05, 0.1) is 23.3 Å². The number of pyridine rings is 1. The third-order valence-electron chi connectivity index (χ3n) is 8.91. The number of fused-ring (bicyclic) bond motifs is 1. The zero-order valence-electron chi connectivity index (χ0n) is 26.4. The highest BCUT2D eigenvalue weighted by molar-refractivity contribution is 6.02. The standard InChI is InChI=1S/C36H40FN5O3/c1-23-8-11-27(30(37)18-23)22-45-35-7-5-6-31(38-35)26-12-9-25(10-13-26)19-34-39-36-29(32-14-15-41(3)40-32)20-28(24(2)43)21-33(36)42(34)16-17-44-4/h5-8,11,14-15,18,20-21,25-26H,9-10,12-13,16-17,19,22H2,1-4H3. The number of hydrogen-bond acceptors (Lipinski definition) is 6. The monoisotopic (exact) mass is 609 g/mol. The van der Waals surface area contributed by atoms with Crippen LogP contribution in [-0.4, -0.2) is 43.8 Å². The van der Waals surface area contributed by atoms with Gasteiger partial charge in [0.15, 0.2) is 5.78 Å². The van der Waals surface area contributed by atoms with Crippen LogP contribution in [0.1, 0.15) is 71.5 Å². The topological polar surface area (TPSA) is 84.1 Å². The van der Waals surface area contributed by atoms with Crippen molar-refractivity contribution in [3.8, 4) is 17.1 Å². The Bertz CT molecular complexity index is 1820. The summed E-state index contributed by atoms with van der Waals surface area (Å²) in [6, 6.07) is 16.9. The van der Waals surface area contributed by atoms with Gasteiger partial charge in [-0.1, -0.05) is 18.2 Å². The number of hydrogen-bond donors (Lipinski definition) is 0. The Morgan fingerprint density at radius 3 is 2.58 bits per heavy atom. The first-order valence-corrected chi connectivity index (χ1v) is 15.7. The number of nitrogens with zero attached hydrogens (tertiary/aromatic N) is 5. The van der Waals surface area contributed by atoms with Gasteiger partial charge < -0.3 is 14.0 Å². The number of ketones is 1. The highest BCUT2D eigenvalue weighted by atomic mass is 19.1. The Labute approximate surface area is 263 Å². The van der Waals surface area contributed by atoms with Crippen LogP contribution in [0.25, 0.3) is 22.3 Å². The van der Waals surface area contributed by atoms with E-state index in [4.69, 9.17) is 19.4 Å². The summed E-state index contributed by atoms with van der Waals surface area (Å²) in [6.45, 7) is 4.82. The van der Waals surface area contributed by atoms with E-state index in [0.29, 0.717) is 42.0 Å². The van der Waals surface area contributed by atoms with Gasteiger partial charge in [-0.25, -0.2) is 14.4 Å². The fourth-order valence-electron chi connectivity index (χ4n) is 6.40. The molecule has 0 spiro atoms. The molecule has 0 bridgehead atoms. The van der Waals surface area contributed by atoms with Crippen molar-refractivity contribution >= 4 is 16.8 Å². The SMILES string of the molecule is COCCn1c(CC2CCC(c3cccc(OCc4ccc(C)cc4F)n3)CC2)nc2c(-c3ccn(C)n3)cc(C(C)=O)cc21. The van der Waals surface area contributed by atoms with E-state index in [1.807, 2.05) is 56.6 Å². The van der Waals surface area contributed by atoms with Crippen molar-refractivity contribution in [1.82, 2.24) is 24.3 Å². The van der Waals surface area contributed by atoms with Crippen molar-refractivity contribution in [1.29, 1.82) is 0 Å². The fourth-order valence-corrected chi connectivity index (χ4v) is 6.40. The van der Waals surface area contributed by atoms with Gasteiger partial charge in [0.25, 0.3) is 0 Å². The quantitative estimate of drug-likeness (QED) is 0.147. The summed E-state index contributed by atoms with van der Waals surface area (Å²) < 4.78 is 29.6. The molecule has 3 aromatic heterocycles. The van der Waals surface area contributed by atoms with E-state index in [1.54, 1.807) is 24.8 Å². The number of methoxy groups -OCH3 is 1. The molecule has 234 valence electrons. The van der Waals surface area contributed by atoms with Crippen molar-refractivity contribution < 1.29 is 18.7 Å². The number of aromatic nitrogens is 5. The first kappa shape index (κ1) is 30.6. The van der Waals surface area contributed by atoms with Gasteiger partial charge in [-0.2, -0.15) is 5.10 Å². The molecular formula is C36H40FN5O3. The Morgan fingerprint density at radius 2 is 1.87 bits per heavy atom. The first-order chi connectivity index (χ1) is 21.8. The van der Waals surface area contributed by atoms with Crippen molar-refractivity contribution in [3.63, 3.8) is 0 Å². The van der Waals surface area contributed by atoms with Gasteiger partial charge in [0.1, 0.15) is 18.2 Å². The van der Waals surface area contributed by atoms with Crippen LogP contribution in [0.5, 0.6) is 5.88 Å².